The van der Waals surface area contributed by atoms with Gasteiger partial charge < -0.3 is 14.5 Å². The Morgan fingerprint density at radius 1 is 1.40 bits per heavy atom. The van der Waals surface area contributed by atoms with Crippen molar-refractivity contribution in [2.45, 2.75) is 25.8 Å². The Kier molecular flexibility index (Phi) is 3.76. The maximum atomic E-state index is 12.1. The van der Waals surface area contributed by atoms with Crippen molar-refractivity contribution in [1.82, 2.24) is 9.88 Å². The standard InChI is InChI=1S/C15H21N3O2/c1-2-20-15(19)18-10-12-5-6-14(18)11-17(9-12)13-4-3-7-16-8-13/h3-4,7-8,12,14H,2,5-6,9-11H2,1H3. The van der Waals surface area contributed by atoms with Crippen LogP contribution in [-0.4, -0.2) is 48.3 Å². The molecule has 0 saturated carbocycles. The lowest BCUT2D eigenvalue weighted by atomic mass is 9.95. The topological polar surface area (TPSA) is 45.7 Å². The molecule has 2 bridgehead atoms. The number of nitrogens with zero attached hydrogens (tertiary/aromatic N) is 3. The molecule has 4 heterocycles. The Bertz CT molecular complexity index is 465. The van der Waals surface area contributed by atoms with Gasteiger partial charge in [0.05, 0.1) is 24.5 Å². The smallest absolute Gasteiger partial charge is 0.410 e. The number of carbonyl (C=O) groups is 1. The maximum Gasteiger partial charge on any atom is 0.410 e. The number of rotatable bonds is 2. The Morgan fingerprint density at radius 3 is 3.05 bits per heavy atom. The molecule has 20 heavy (non-hydrogen) atoms. The van der Waals surface area contributed by atoms with E-state index in [4.69, 9.17) is 4.74 Å². The number of anilines is 1. The molecule has 3 aliphatic heterocycles. The zero-order valence-corrected chi connectivity index (χ0v) is 11.9. The van der Waals surface area contributed by atoms with E-state index in [1.165, 1.54) is 6.42 Å². The number of piperidine rings is 1. The first-order chi connectivity index (χ1) is 9.78. The van der Waals surface area contributed by atoms with E-state index in [1.54, 1.807) is 6.20 Å². The zero-order chi connectivity index (χ0) is 13.9. The lowest BCUT2D eigenvalue weighted by Crippen LogP contribution is -2.47. The normalized spacial score (nSPS) is 25.4. The van der Waals surface area contributed by atoms with Crippen molar-refractivity contribution in [3.63, 3.8) is 0 Å². The van der Waals surface area contributed by atoms with Crippen LogP contribution >= 0.6 is 0 Å². The van der Waals surface area contributed by atoms with Gasteiger partial charge >= 0.3 is 6.09 Å². The average Bonchev–Trinajstić information content (AvgIpc) is 2.80. The van der Waals surface area contributed by atoms with Gasteiger partial charge in [0.15, 0.2) is 0 Å². The molecule has 1 aromatic heterocycles. The molecule has 2 unspecified atom stereocenters. The van der Waals surface area contributed by atoms with Gasteiger partial charge in [0, 0.05) is 25.8 Å². The number of ether oxygens (including phenoxy) is 1. The summed E-state index contributed by atoms with van der Waals surface area (Å²) in [6.45, 7) is 4.99. The zero-order valence-electron chi connectivity index (χ0n) is 11.9. The van der Waals surface area contributed by atoms with Crippen molar-refractivity contribution in [1.29, 1.82) is 0 Å². The number of amides is 1. The molecule has 1 amide bonds. The quantitative estimate of drug-likeness (QED) is 0.829. The van der Waals surface area contributed by atoms with Crippen molar-refractivity contribution >= 4 is 11.8 Å². The highest BCUT2D eigenvalue weighted by molar-refractivity contribution is 5.68. The van der Waals surface area contributed by atoms with Crippen molar-refractivity contribution in [3.8, 4) is 0 Å². The Hall–Kier alpha value is -1.78. The van der Waals surface area contributed by atoms with E-state index >= 15 is 0 Å². The molecule has 4 rings (SSSR count). The summed E-state index contributed by atoms with van der Waals surface area (Å²) in [4.78, 5) is 20.5. The second-order valence-electron chi connectivity index (χ2n) is 5.56. The molecule has 3 fully saturated rings. The summed E-state index contributed by atoms with van der Waals surface area (Å²) in [5, 5.41) is 0. The predicted molar refractivity (Wildman–Crippen MR) is 76.7 cm³/mol. The number of carbonyl (C=O) groups excluding carboxylic acids is 1. The maximum absolute atomic E-state index is 12.1. The van der Waals surface area contributed by atoms with Crippen LogP contribution in [0.1, 0.15) is 19.8 Å². The number of hydrogen-bond acceptors (Lipinski definition) is 4. The monoisotopic (exact) mass is 275 g/mol. The van der Waals surface area contributed by atoms with Gasteiger partial charge in [-0.2, -0.15) is 0 Å². The minimum atomic E-state index is -0.157. The number of aromatic nitrogens is 1. The lowest BCUT2D eigenvalue weighted by molar-refractivity contribution is 0.0727. The third-order valence-corrected chi connectivity index (χ3v) is 4.23. The molecule has 0 radical (unpaired) electrons. The first-order valence-corrected chi connectivity index (χ1v) is 7.36. The van der Waals surface area contributed by atoms with Crippen molar-refractivity contribution in [2.24, 2.45) is 5.92 Å². The van der Waals surface area contributed by atoms with Crippen molar-refractivity contribution in [2.75, 3.05) is 31.1 Å². The predicted octanol–water partition coefficient (Wildman–Crippen LogP) is 2.14. The summed E-state index contributed by atoms with van der Waals surface area (Å²) in [5.74, 6) is 0.526. The summed E-state index contributed by atoms with van der Waals surface area (Å²) in [6.07, 6.45) is 5.80. The molecule has 2 atom stereocenters. The highest BCUT2D eigenvalue weighted by Crippen LogP contribution is 2.30. The van der Waals surface area contributed by atoms with Gasteiger partial charge in [-0.1, -0.05) is 0 Å². The summed E-state index contributed by atoms with van der Waals surface area (Å²) < 4.78 is 5.19. The third kappa shape index (κ3) is 2.57. The minimum Gasteiger partial charge on any atom is -0.450 e. The van der Waals surface area contributed by atoms with Crippen LogP contribution in [0.15, 0.2) is 24.5 Å². The van der Waals surface area contributed by atoms with Crippen LogP contribution in [0.2, 0.25) is 0 Å². The van der Waals surface area contributed by atoms with Crippen molar-refractivity contribution < 1.29 is 9.53 Å². The lowest BCUT2D eigenvalue weighted by Gasteiger charge is -2.35. The van der Waals surface area contributed by atoms with Crippen LogP contribution < -0.4 is 4.90 Å². The van der Waals surface area contributed by atoms with E-state index in [0.29, 0.717) is 12.5 Å². The molecular formula is C15H21N3O2. The van der Waals surface area contributed by atoms with Crippen LogP contribution in [0.4, 0.5) is 10.5 Å². The fraction of sp³-hybridized carbons (Fsp3) is 0.600. The Labute approximate surface area is 119 Å². The largest absolute Gasteiger partial charge is 0.450 e. The van der Waals surface area contributed by atoms with Crippen LogP contribution in [0, 0.1) is 5.92 Å². The summed E-state index contributed by atoms with van der Waals surface area (Å²) in [6, 6.07) is 4.31. The van der Waals surface area contributed by atoms with E-state index < -0.39 is 0 Å². The van der Waals surface area contributed by atoms with Gasteiger partial charge in [0.2, 0.25) is 0 Å². The van der Waals surface area contributed by atoms with Crippen LogP contribution in [0.25, 0.3) is 0 Å². The van der Waals surface area contributed by atoms with Gasteiger partial charge in [-0.15, -0.1) is 0 Å². The molecule has 5 heteroatoms. The van der Waals surface area contributed by atoms with Gasteiger partial charge in [0.25, 0.3) is 0 Å². The summed E-state index contributed by atoms with van der Waals surface area (Å²) >= 11 is 0. The van der Waals surface area contributed by atoms with E-state index in [1.807, 2.05) is 24.1 Å². The highest BCUT2D eigenvalue weighted by Gasteiger charge is 2.37. The van der Waals surface area contributed by atoms with Gasteiger partial charge in [-0.3, -0.25) is 4.98 Å². The summed E-state index contributed by atoms with van der Waals surface area (Å²) in [7, 11) is 0. The van der Waals surface area contributed by atoms with E-state index in [-0.39, 0.29) is 12.1 Å². The number of hydrogen-bond donors (Lipinski definition) is 0. The first kappa shape index (κ1) is 13.2. The molecule has 1 aromatic rings. The van der Waals surface area contributed by atoms with Crippen LogP contribution in [0.5, 0.6) is 0 Å². The Balaban J connectivity index is 1.77. The SMILES string of the molecule is CCOC(=O)N1CC2CCC1CN(c1cccnc1)C2. The highest BCUT2D eigenvalue weighted by atomic mass is 16.6. The van der Waals surface area contributed by atoms with Gasteiger partial charge in [-0.05, 0) is 37.8 Å². The van der Waals surface area contributed by atoms with Crippen LogP contribution in [0.3, 0.4) is 0 Å². The third-order valence-electron chi connectivity index (χ3n) is 4.23. The van der Waals surface area contributed by atoms with Gasteiger partial charge in [0.1, 0.15) is 0 Å². The Morgan fingerprint density at radius 2 is 2.30 bits per heavy atom. The molecule has 3 saturated heterocycles. The molecule has 0 aromatic carbocycles. The second-order valence-corrected chi connectivity index (χ2v) is 5.56. The van der Waals surface area contributed by atoms with E-state index in [0.717, 1.165) is 31.7 Å². The first-order valence-electron chi connectivity index (χ1n) is 7.36. The fourth-order valence-corrected chi connectivity index (χ4v) is 3.26. The fourth-order valence-electron chi connectivity index (χ4n) is 3.26. The molecule has 0 spiro atoms. The minimum absolute atomic E-state index is 0.157. The average molecular weight is 275 g/mol. The van der Waals surface area contributed by atoms with Crippen molar-refractivity contribution in [3.05, 3.63) is 24.5 Å². The van der Waals surface area contributed by atoms with E-state index in [2.05, 4.69) is 16.0 Å². The molecule has 3 aliphatic rings. The van der Waals surface area contributed by atoms with Crippen LogP contribution in [-0.2, 0) is 4.74 Å². The number of pyridine rings is 1. The molecule has 108 valence electrons. The number of fused-ring (bicyclic) bond motifs is 4. The van der Waals surface area contributed by atoms with Gasteiger partial charge in [-0.25, -0.2) is 4.79 Å². The summed E-state index contributed by atoms with van der Waals surface area (Å²) in [5.41, 5.74) is 1.15. The molecule has 0 aliphatic carbocycles. The molecule has 5 nitrogen and oxygen atoms in total. The molecular weight excluding hydrogens is 254 g/mol. The molecule has 0 N–H and O–H groups in total. The second kappa shape index (κ2) is 5.69. The van der Waals surface area contributed by atoms with E-state index in [9.17, 15) is 4.79 Å².